The summed E-state index contributed by atoms with van der Waals surface area (Å²) in [5.41, 5.74) is 3.37. The summed E-state index contributed by atoms with van der Waals surface area (Å²) in [6, 6.07) is 7.94. The second-order valence-corrected chi connectivity index (χ2v) is 3.56. The molecular formula is C9H12BrNO. The molecule has 0 fully saturated rings. The molecule has 66 valence electrons. The Hall–Kier alpha value is -0.380. The first-order valence-corrected chi connectivity index (χ1v) is 4.72. The predicted molar refractivity (Wildman–Crippen MR) is 52.1 cm³/mol. The molecule has 0 aromatic heterocycles. The van der Waals surface area contributed by atoms with Crippen LogP contribution in [0.15, 0.2) is 28.7 Å². The van der Waals surface area contributed by atoms with Gasteiger partial charge in [-0.2, -0.15) is 5.48 Å². The van der Waals surface area contributed by atoms with Gasteiger partial charge in [0, 0.05) is 4.47 Å². The van der Waals surface area contributed by atoms with Gasteiger partial charge in [-0.3, -0.25) is 0 Å². The van der Waals surface area contributed by atoms with Crippen molar-refractivity contribution in [2.75, 3.05) is 0 Å². The molecule has 0 aliphatic rings. The van der Waals surface area contributed by atoms with Crippen molar-refractivity contribution in [3.05, 3.63) is 34.3 Å². The Labute approximate surface area is 80.7 Å². The lowest BCUT2D eigenvalue weighted by Crippen LogP contribution is -2.15. The van der Waals surface area contributed by atoms with Gasteiger partial charge in [0.2, 0.25) is 0 Å². The minimum absolute atomic E-state index is 0.0301. The zero-order valence-corrected chi connectivity index (χ0v) is 8.51. The topological polar surface area (TPSA) is 32.3 Å². The maximum atomic E-state index is 8.81. The van der Waals surface area contributed by atoms with Gasteiger partial charge in [-0.05, 0) is 24.1 Å². The molecule has 0 spiro atoms. The van der Waals surface area contributed by atoms with Crippen molar-refractivity contribution in [2.24, 2.45) is 0 Å². The summed E-state index contributed by atoms with van der Waals surface area (Å²) in [6.07, 6.45) is 0.868. The van der Waals surface area contributed by atoms with Crippen LogP contribution in [0.25, 0.3) is 0 Å². The molecule has 1 aromatic carbocycles. The Kier molecular flexibility index (Phi) is 3.72. The van der Waals surface area contributed by atoms with Crippen molar-refractivity contribution in [1.29, 1.82) is 0 Å². The highest BCUT2D eigenvalue weighted by Gasteiger charge is 2.06. The third-order valence-corrected chi connectivity index (χ3v) is 2.31. The first-order chi connectivity index (χ1) is 5.77. The number of halogens is 1. The van der Waals surface area contributed by atoms with Gasteiger partial charge in [0.25, 0.3) is 0 Å². The number of hydroxylamine groups is 1. The van der Waals surface area contributed by atoms with Crippen LogP contribution >= 0.6 is 15.9 Å². The number of nitrogens with one attached hydrogen (secondary N) is 1. The first kappa shape index (κ1) is 9.71. The highest BCUT2D eigenvalue weighted by molar-refractivity contribution is 9.10. The maximum absolute atomic E-state index is 8.81. The van der Waals surface area contributed by atoms with E-state index in [1.54, 1.807) is 0 Å². The molecule has 0 heterocycles. The van der Waals surface area contributed by atoms with E-state index in [4.69, 9.17) is 5.21 Å². The van der Waals surface area contributed by atoms with E-state index in [-0.39, 0.29) is 6.04 Å². The van der Waals surface area contributed by atoms with E-state index in [1.165, 1.54) is 0 Å². The molecule has 0 bridgehead atoms. The number of rotatable bonds is 3. The average Bonchev–Trinajstić information content (AvgIpc) is 2.07. The monoisotopic (exact) mass is 229 g/mol. The molecule has 0 aliphatic carbocycles. The van der Waals surface area contributed by atoms with Gasteiger partial charge in [0.1, 0.15) is 0 Å². The average molecular weight is 230 g/mol. The Morgan fingerprint density at radius 2 is 2.33 bits per heavy atom. The molecular weight excluding hydrogens is 218 g/mol. The van der Waals surface area contributed by atoms with Gasteiger partial charge in [-0.25, -0.2) is 0 Å². The molecule has 0 aliphatic heterocycles. The van der Waals surface area contributed by atoms with Crippen molar-refractivity contribution in [3.63, 3.8) is 0 Å². The number of hydrogen-bond donors (Lipinski definition) is 2. The Morgan fingerprint density at radius 3 is 2.83 bits per heavy atom. The minimum atomic E-state index is 0.0301. The molecule has 0 unspecified atom stereocenters. The van der Waals surface area contributed by atoms with E-state index in [1.807, 2.05) is 31.2 Å². The normalized spacial score (nSPS) is 12.9. The van der Waals surface area contributed by atoms with Gasteiger partial charge in [-0.15, -0.1) is 0 Å². The van der Waals surface area contributed by atoms with Crippen LogP contribution in [0.4, 0.5) is 0 Å². The highest BCUT2D eigenvalue weighted by atomic mass is 79.9. The maximum Gasteiger partial charge on any atom is 0.0566 e. The van der Waals surface area contributed by atoms with Crippen LogP contribution < -0.4 is 5.48 Å². The zero-order valence-electron chi connectivity index (χ0n) is 6.92. The van der Waals surface area contributed by atoms with E-state index in [0.29, 0.717) is 0 Å². The van der Waals surface area contributed by atoms with Crippen LogP contribution in [-0.4, -0.2) is 5.21 Å². The summed E-state index contributed by atoms with van der Waals surface area (Å²) in [5, 5.41) is 8.81. The molecule has 2 N–H and O–H groups in total. The van der Waals surface area contributed by atoms with E-state index >= 15 is 0 Å². The van der Waals surface area contributed by atoms with Crippen molar-refractivity contribution in [2.45, 2.75) is 19.4 Å². The van der Waals surface area contributed by atoms with Crippen LogP contribution in [-0.2, 0) is 0 Å². The fourth-order valence-corrected chi connectivity index (χ4v) is 1.54. The number of benzene rings is 1. The first-order valence-electron chi connectivity index (χ1n) is 3.93. The van der Waals surface area contributed by atoms with Crippen LogP contribution in [0, 0.1) is 0 Å². The third kappa shape index (κ3) is 2.30. The zero-order chi connectivity index (χ0) is 8.97. The molecule has 0 radical (unpaired) electrons. The fraction of sp³-hybridized carbons (Fsp3) is 0.333. The lowest BCUT2D eigenvalue weighted by Gasteiger charge is -2.12. The van der Waals surface area contributed by atoms with Crippen molar-refractivity contribution >= 4 is 15.9 Å². The summed E-state index contributed by atoms with van der Waals surface area (Å²) < 4.78 is 1.04. The molecule has 12 heavy (non-hydrogen) atoms. The second-order valence-electron chi connectivity index (χ2n) is 2.64. The van der Waals surface area contributed by atoms with Gasteiger partial charge in [0.05, 0.1) is 6.04 Å². The molecule has 0 saturated heterocycles. The van der Waals surface area contributed by atoms with Crippen molar-refractivity contribution in [3.8, 4) is 0 Å². The molecule has 0 amide bonds. The van der Waals surface area contributed by atoms with Gasteiger partial charge in [-0.1, -0.05) is 35.0 Å². The molecule has 3 heteroatoms. The van der Waals surface area contributed by atoms with Gasteiger partial charge >= 0.3 is 0 Å². The van der Waals surface area contributed by atoms with Crippen LogP contribution in [0.1, 0.15) is 24.9 Å². The Bertz CT molecular complexity index is 248. The van der Waals surface area contributed by atoms with Crippen LogP contribution in [0.5, 0.6) is 0 Å². The Morgan fingerprint density at radius 1 is 1.58 bits per heavy atom. The summed E-state index contributed by atoms with van der Waals surface area (Å²) in [5.74, 6) is 0. The summed E-state index contributed by atoms with van der Waals surface area (Å²) >= 11 is 3.38. The molecule has 1 rings (SSSR count). The number of hydrogen-bond acceptors (Lipinski definition) is 2. The van der Waals surface area contributed by atoms with E-state index in [9.17, 15) is 0 Å². The third-order valence-electron chi connectivity index (χ3n) is 1.82. The highest BCUT2D eigenvalue weighted by Crippen LogP contribution is 2.19. The smallest absolute Gasteiger partial charge is 0.0566 e. The molecule has 1 atom stereocenters. The SMILES string of the molecule is CC[C@@H](NO)c1cccc(Br)c1. The Balaban J connectivity index is 2.85. The van der Waals surface area contributed by atoms with E-state index in [2.05, 4.69) is 21.4 Å². The summed E-state index contributed by atoms with van der Waals surface area (Å²) in [7, 11) is 0. The lowest BCUT2D eigenvalue weighted by molar-refractivity contribution is 0.124. The molecule has 2 nitrogen and oxygen atoms in total. The lowest BCUT2D eigenvalue weighted by atomic mass is 10.1. The molecule has 1 aromatic rings. The fourth-order valence-electron chi connectivity index (χ4n) is 1.12. The van der Waals surface area contributed by atoms with Crippen molar-refractivity contribution < 1.29 is 5.21 Å². The minimum Gasteiger partial charge on any atom is -0.316 e. The van der Waals surface area contributed by atoms with Crippen LogP contribution in [0.3, 0.4) is 0 Å². The molecule has 0 saturated carbocycles. The predicted octanol–water partition coefficient (Wildman–Crippen LogP) is 2.88. The largest absolute Gasteiger partial charge is 0.316 e. The van der Waals surface area contributed by atoms with E-state index < -0.39 is 0 Å². The summed E-state index contributed by atoms with van der Waals surface area (Å²) in [4.78, 5) is 0. The van der Waals surface area contributed by atoms with Gasteiger partial charge in [0.15, 0.2) is 0 Å². The van der Waals surface area contributed by atoms with Gasteiger partial charge < -0.3 is 5.21 Å². The van der Waals surface area contributed by atoms with Crippen LogP contribution in [0.2, 0.25) is 0 Å². The standard InChI is InChI=1S/C9H12BrNO/c1-2-9(11-12)7-4-3-5-8(10)6-7/h3-6,9,11-12H,2H2,1H3/t9-/m1/s1. The van der Waals surface area contributed by atoms with Crippen molar-refractivity contribution in [1.82, 2.24) is 5.48 Å². The summed E-state index contributed by atoms with van der Waals surface area (Å²) in [6.45, 7) is 2.02. The quantitative estimate of drug-likeness (QED) is 0.782. The van der Waals surface area contributed by atoms with E-state index in [0.717, 1.165) is 16.5 Å². The second kappa shape index (κ2) is 4.60.